The van der Waals surface area contributed by atoms with Crippen molar-refractivity contribution in [3.05, 3.63) is 41.2 Å². The van der Waals surface area contributed by atoms with Gasteiger partial charge in [0.25, 0.3) is 0 Å². The van der Waals surface area contributed by atoms with Crippen LogP contribution in [-0.4, -0.2) is 33.3 Å². The number of nitrogens with one attached hydrogen (secondary N) is 1. The van der Waals surface area contributed by atoms with E-state index in [9.17, 15) is 0 Å². The molecular formula is C22H34N5+. The summed E-state index contributed by atoms with van der Waals surface area (Å²) in [7, 11) is 2.36. The smallest absolute Gasteiger partial charge is 0.214 e. The van der Waals surface area contributed by atoms with Gasteiger partial charge in [-0.3, -0.25) is 0 Å². The second kappa shape index (κ2) is 8.51. The quantitative estimate of drug-likeness (QED) is 0.880. The molecule has 0 radical (unpaired) electrons. The first kappa shape index (κ1) is 18.6. The van der Waals surface area contributed by atoms with E-state index in [4.69, 9.17) is 0 Å². The van der Waals surface area contributed by atoms with Crippen LogP contribution in [0.1, 0.15) is 93.2 Å². The fourth-order valence-corrected chi connectivity index (χ4v) is 5.14. The van der Waals surface area contributed by atoms with Crippen molar-refractivity contribution in [3.8, 4) is 0 Å². The van der Waals surface area contributed by atoms with Gasteiger partial charge in [0.05, 0.1) is 19.1 Å². The number of benzene rings is 1. The number of hydrogen-bond acceptors (Lipinski definition) is 3. The fraction of sp³-hybridized carbons (Fsp3) is 0.682. The van der Waals surface area contributed by atoms with Crippen molar-refractivity contribution in [2.24, 2.45) is 0 Å². The van der Waals surface area contributed by atoms with Gasteiger partial charge in [0.15, 0.2) is 6.04 Å². The maximum Gasteiger partial charge on any atom is 0.214 e. The van der Waals surface area contributed by atoms with Gasteiger partial charge >= 0.3 is 0 Å². The summed E-state index contributed by atoms with van der Waals surface area (Å²) in [5.41, 5.74) is 2.65. The molecule has 2 saturated carbocycles. The Kier molecular flexibility index (Phi) is 5.86. The SMILES string of the molecule is Cc1ccc([C@H](c2nnnn2C2CCCCC2)[NH+](C)C2CCCCC2)cc1. The summed E-state index contributed by atoms with van der Waals surface area (Å²) < 4.78 is 2.18. The molecule has 5 nitrogen and oxygen atoms in total. The number of tetrazole rings is 1. The highest BCUT2D eigenvalue weighted by molar-refractivity contribution is 5.26. The minimum absolute atomic E-state index is 0.214. The van der Waals surface area contributed by atoms with Gasteiger partial charge in [0, 0.05) is 5.56 Å². The van der Waals surface area contributed by atoms with Gasteiger partial charge in [-0.1, -0.05) is 55.5 Å². The topological polar surface area (TPSA) is 48.0 Å². The number of quaternary nitrogens is 1. The minimum atomic E-state index is 0.214. The summed E-state index contributed by atoms with van der Waals surface area (Å²) in [5.74, 6) is 1.06. The van der Waals surface area contributed by atoms with Crippen LogP contribution in [-0.2, 0) is 0 Å². The molecule has 1 heterocycles. The molecule has 0 spiro atoms. The molecule has 1 aromatic carbocycles. The Hall–Kier alpha value is -1.75. The first-order chi connectivity index (χ1) is 13.2. The first-order valence-corrected chi connectivity index (χ1v) is 10.9. The maximum atomic E-state index is 4.59. The molecule has 2 aliphatic carbocycles. The molecule has 2 aliphatic rings. The molecule has 2 atom stereocenters. The summed E-state index contributed by atoms with van der Waals surface area (Å²) in [6.45, 7) is 2.16. The molecule has 1 unspecified atom stereocenters. The van der Waals surface area contributed by atoms with Crippen molar-refractivity contribution < 1.29 is 4.90 Å². The zero-order chi connectivity index (χ0) is 18.6. The Morgan fingerprint density at radius 1 is 0.926 bits per heavy atom. The third kappa shape index (κ3) is 4.08. The maximum absolute atomic E-state index is 4.59. The van der Waals surface area contributed by atoms with Crippen LogP contribution < -0.4 is 4.90 Å². The van der Waals surface area contributed by atoms with E-state index in [1.54, 1.807) is 4.90 Å². The summed E-state index contributed by atoms with van der Waals surface area (Å²) >= 11 is 0. The van der Waals surface area contributed by atoms with Gasteiger partial charge in [-0.25, -0.2) is 4.68 Å². The third-order valence-electron chi connectivity index (χ3n) is 6.81. The van der Waals surface area contributed by atoms with Gasteiger partial charge in [0.1, 0.15) is 0 Å². The van der Waals surface area contributed by atoms with E-state index in [0.717, 1.165) is 5.82 Å². The van der Waals surface area contributed by atoms with Crippen LogP contribution in [0.2, 0.25) is 0 Å². The summed E-state index contributed by atoms with van der Waals surface area (Å²) in [5, 5.41) is 13.2. The summed E-state index contributed by atoms with van der Waals surface area (Å²) in [4.78, 5) is 1.56. The molecule has 2 aromatic rings. The zero-order valence-electron chi connectivity index (χ0n) is 16.9. The van der Waals surface area contributed by atoms with Crippen molar-refractivity contribution in [1.29, 1.82) is 0 Å². The van der Waals surface area contributed by atoms with Crippen molar-refractivity contribution in [3.63, 3.8) is 0 Å². The van der Waals surface area contributed by atoms with E-state index < -0.39 is 0 Å². The average Bonchev–Trinajstić information content (AvgIpc) is 3.20. The molecule has 1 N–H and O–H groups in total. The molecule has 2 fully saturated rings. The lowest BCUT2D eigenvalue weighted by Crippen LogP contribution is -3.13. The molecule has 0 aliphatic heterocycles. The van der Waals surface area contributed by atoms with Gasteiger partial charge in [0.2, 0.25) is 5.82 Å². The Morgan fingerprint density at radius 2 is 1.56 bits per heavy atom. The van der Waals surface area contributed by atoms with E-state index in [2.05, 4.69) is 58.4 Å². The number of nitrogens with zero attached hydrogens (tertiary/aromatic N) is 4. The molecular weight excluding hydrogens is 334 g/mol. The third-order valence-corrected chi connectivity index (χ3v) is 6.81. The highest BCUT2D eigenvalue weighted by Gasteiger charge is 2.36. The zero-order valence-corrected chi connectivity index (χ0v) is 16.9. The predicted molar refractivity (Wildman–Crippen MR) is 107 cm³/mol. The van der Waals surface area contributed by atoms with Crippen LogP contribution in [0.4, 0.5) is 0 Å². The molecule has 1 aromatic heterocycles. The van der Waals surface area contributed by atoms with E-state index in [0.29, 0.717) is 12.1 Å². The first-order valence-electron chi connectivity index (χ1n) is 10.9. The van der Waals surface area contributed by atoms with Gasteiger partial charge in [-0.15, -0.1) is 5.10 Å². The average molecular weight is 369 g/mol. The van der Waals surface area contributed by atoms with Crippen LogP contribution >= 0.6 is 0 Å². The van der Waals surface area contributed by atoms with Crippen LogP contribution in [0.25, 0.3) is 0 Å². The molecule has 27 heavy (non-hydrogen) atoms. The second-order valence-electron chi connectivity index (χ2n) is 8.70. The largest absolute Gasteiger partial charge is 0.322 e. The lowest BCUT2D eigenvalue weighted by molar-refractivity contribution is -0.933. The summed E-state index contributed by atoms with van der Waals surface area (Å²) in [6, 6.07) is 10.4. The van der Waals surface area contributed by atoms with Crippen molar-refractivity contribution >= 4 is 0 Å². The van der Waals surface area contributed by atoms with Gasteiger partial charge in [-0.05, 0) is 55.9 Å². The van der Waals surface area contributed by atoms with E-state index in [-0.39, 0.29) is 6.04 Å². The number of rotatable bonds is 5. The Morgan fingerprint density at radius 3 is 2.22 bits per heavy atom. The highest BCUT2D eigenvalue weighted by Crippen LogP contribution is 2.30. The Labute approximate surface area is 163 Å². The lowest BCUT2D eigenvalue weighted by atomic mass is 9.91. The molecule has 0 saturated heterocycles. The Bertz CT molecular complexity index is 711. The minimum Gasteiger partial charge on any atom is -0.322 e. The van der Waals surface area contributed by atoms with E-state index >= 15 is 0 Å². The number of aryl methyl sites for hydroxylation is 1. The number of hydrogen-bond donors (Lipinski definition) is 1. The van der Waals surface area contributed by atoms with Crippen molar-refractivity contribution in [2.45, 2.75) is 89.3 Å². The van der Waals surface area contributed by atoms with Crippen molar-refractivity contribution in [1.82, 2.24) is 20.2 Å². The normalized spacial score (nSPS) is 21.9. The van der Waals surface area contributed by atoms with Crippen LogP contribution in [0, 0.1) is 6.92 Å². The number of aromatic nitrogens is 4. The molecule has 0 bridgehead atoms. The van der Waals surface area contributed by atoms with Crippen molar-refractivity contribution in [2.75, 3.05) is 7.05 Å². The standard InChI is InChI=1S/C22H33N5/c1-17-13-15-18(16-14-17)21(26(2)19-9-5-3-6-10-19)22-23-24-25-27(22)20-11-7-4-8-12-20/h13-16,19-21H,3-12H2,1-2H3/p+1/t21-/m1/s1. The molecule has 0 amide bonds. The molecule has 5 heteroatoms. The van der Waals surface area contributed by atoms with Crippen LogP contribution in [0.5, 0.6) is 0 Å². The van der Waals surface area contributed by atoms with E-state index in [1.165, 1.54) is 75.3 Å². The highest BCUT2D eigenvalue weighted by atomic mass is 15.6. The lowest BCUT2D eigenvalue weighted by Gasteiger charge is -2.34. The monoisotopic (exact) mass is 368 g/mol. The van der Waals surface area contributed by atoms with E-state index in [1.807, 2.05) is 0 Å². The second-order valence-corrected chi connectivity index (χ2v) is 8.70. The summed E-state index contributed by atoms with van der Waals surface area (Å²) in [6.07, 6.45) is 13.1. The van der Waals surface area contributed by atoms with Gasteiger partial charge in [-0.2, -0.15) is 0 Å². The van der Waals surface area contributed by atoms with Crippen LogP contribution in [0.3, 0.4) is 0 Å². The molecule has 4 rings (SSSR count). The molecule has 146 valence electrons. The fourth-order valence-electron chi connectivity index (χ4n) is 5.14. The van der Waals surface area contributed by atoms with Crippen LogP contribution in [0.15, 0.2) is 24.3 Å². The van der Waals surface area contributed by atoms with Gasteiger partial charge < -0.3 is 4.90 Å². The predicted octanol–water partition coefficient (Wildman–Crippen LogP) is 3.42. The Balaban J connectivity index is 1.69.